The van der Waals surface area contributed by atoms with Crippen LogP contribution in [0.15, 0.2) is 32.9 Å². The van der Waals surface area contributed by atoms with Gasteiger partial charge >= 0.3 is 6.09 Å². The molecule has 0 saturated carbocycles. The van der Waals surface area contributed by atoms with Gasteiger partial charge in [0.15, 0.2) is 5.17 Å². The molecule has 2 aliphatic rings. The fraction of sp³-hybridized carbons (Fsp3) is 0.474. The van der Waals surface area contributed by atoms with E-state index in [9.17, 15) is 9.59 Å². The van der Waals surface area contributed by atoms with Crippen LogP contribution >= 0.6 is 27.7 Å². The molecule has 2 fully saturated rings. The monoisotopic (exact) mass is 481 g/mol. The molecule has 8 nitrogen and oxygen atoms in total. The summed E-state index contributed by atoms with van der Waals surface area (Å²) in [5.41, 5.74) is 1.43. The largest absolute Gasteiger partial charge is 0.444 e. The van der Waals surface area contributed by atoms with Crippen molar-refractivity contribution < 1.29 is 14.3 Å². The Kier molecular flexibility index (Phi) is 6.84. The van der Waals surface area contributed by atoms with Crippen molar-refractivity contribution in [1.29, 1.82) is 0 Å². The summed E-state index contributed by atoms with van der Waals surface area (Å²) < 4.78 is 6.40. The number of ether oxygens (including phenoxy) is 1. The quantitative estimate of drug-likeness (QED) is 0.529. The van der Waals surface area contributed by atoms with Crippen LogP contribution in [0.4, 0.5) is 10.5 Å². The van der Waals surface area contributed by atoms with E-state index in [1.807, 2.05) is 39.0 Å². The number of hydrogen-bond acceptors (Lipinski definition) is 7. The van der Waals surface area contributed by atoms with Crippen molar-refractivity contribution in [3.63, 3.8) is 0 Å². The van der Waals surface area contributed by atoms with Crippen LogP contribution in [0.2, 0.25) is 0 Å². The standard InChI is InChI=1S/C19H24BrN5O3S/c1-19(2,3)28-18(27)25-8-6-24(7-9-25)15-5-4-14(20)10-13(15)11-21-23-17-22-16(26)12-29-17/h4-5,10-11H,6-9,12H2,1-3H3,(H,22,23,26). The third-order valence-electron chi connectivity index (χ3n) is 4.19. The second-order valence-corrected chi connectivity index (χ2v) is 9.52. The summed E-state index contributed by atoms with van der Waals surface area (Å²) in [5, 5.41) is 11.4. The molecule has 29 heavy (non-hydrogen) atoms. The summed E-state index contributed by atoms with van der Waals surface area (Å²) in [6.45, 7) is 8.18. The first-order chi connectivity index (χ1) is 13.7. The van der Waals surface area contributed by atoms with E-state index in [1.165, 1.54) is 11.8 Å². The highest BCUT2D eigenvalue weighted by Gasteiger charge is 2.26. The lowest BCUT2D eigenvalue weighted by atomic mass is 10.1. The molecular formula is C19H24BrN5O3S. The Morgan fingerprint density at radius 3 is 2.62 bits per heavy atom. The number of rotatable bonds is 3. The molecule has 3 rings (SSSR count). The van der Waals surface area contributed by atoms with Crippen molar-refractivity contribution in [3.8, 4) is 0 Å². The van der Waals surface area contributed by atoms with Crippen LogP contribution in [0.1, 0.15) is 26.3 Å². The van der Waals surface area contributed by atoms with Crippen molar-refractivity contribution >= 4 is 56.8 Å². The molecule has 1 aromatic rings. The molecule has 0 unspecified atom stereocenters. The smallest absolute Gasteiger partial charge is 0.410 e. The molecule has 1 aromatic carbocycles. The molecule has 0 radical (unpaired) electrons. The van der Waals surface area contributed by atoms with E-state index in [-0.39, 0.29) is 12.0 Å². The van der Waals surface area contributed by atoms with E-state index >= 15 is 0 Å². The lowest BCUT2D eigenvalue weighted by molar-refractivity contribution is -0.116. The Hall–Kier alpha value is -2.07. The van der Waals surface area contributed by atoms with Gasteiger partial charge in [0, 0.05) is 41.9 Å². The first-order valence-corrected chi connectivity index (χ1v) is 11.1. The number of thioether (sulfide) groups is 1. The van der Waals surface area contributed by atoms with Gasteiger partial charge in [-0.05, 0) is 39.0 Å². The zero-order chi connectivity index (χ0) is 21.0. The van der Waals surface area contributed by atoms with Crippen LogP contribution in [0.25, 0.3) is 0 Å². The molecule has 0 aromatic heterocycles. The van der Waals surface area contributed by atoms with Crippen LogP contribution in [0, 0.1) is 0 Å². The maximum atomic E-state index is 12.3. The fourth-order valence-corrected chi connectivity index (χ4v) is 3.91. The minimum Gasteiger partial charge on any atom is -0.444 e. The van der Waals surface area contributed by atoms with E-state index in [4.69, 9.17) is 4.74 Å². The van der Waals surface area contributed by atoms with Gasteiger partial charge in [0.1, 0.15) is 5.60 Å². The molecule has 0 aliphatic carbocycles. The fourth-order valence-electron chi connectivity index (χ4n) is 2.90. The Balaban J connectivity index is 1.67. The maximum absolute atomic E-state index is 12.3. The predicted octanol–water partition coefficient (Wildman–Crippen LogP) is 3.06. The number of carbonyl (C=O) groups excluding carboxylic acids is 2. The second-order valence-electron chi connectivity index (χ2n) is 7.64. The molecule has 2 heterocycles. The minimum atomic E-state index is -0.498. The number of hydrogen-bond donors (Lipinski definition) is 1. The number of anilines is 1. The average Bonchev–Trinajstić information content (AvgIpc) is 3.06. The van der Waals surface area contributed by atoms with Crippen LogP contribution in [-0.2, 0) is 9.53 Å². The Morgan fingerprint density at radius 2 is 2.00 bits per heavy atom. The number of halogens is 1. The number of benzene rings is 1. The van der Waals surface area contributed by atoms with E-state index < -0.39 is 5.60 Å². The van der Waals surface area contributed by atoms with Gasteiger partial charge in [-0.3, -0.25) is 4.79 Å². The van der Waals surface area contributed by atoms with Crippen molar-refractivity contribution in [2.24, 2.45) is 10.2 Å². The normalized spacial score (nSPS) is 19.2. The first-order valence-electron chi connectivity index (χ1n) is 9.27. The molecule has 2 amide bonds. The van der Waals surface area contributed by atoms with Gasteiger partial charge in [0.2, 0.25) is 5.91 Å². The van der Waals surface area contributed by atoms with E-state index in [1.54, 1.807) is 11.1 Å². The SMILES string of the molecule is CC(C)(C)OC(=O)N1CCN(c2ccc(Br)cc2C=NN=C2NC(=O)CS2)CC1. The van der Waals surface area contributed by atoms with Crippen molar-refractivity contribution in [3.05, 3.63) is 28.2 Å². The van der Waals surface area contributed by atoms with Gasteiger partial charge in [-0.15, -0.1) is 5.10 Å². The van der Waals surface area contributed by atoms with Gasteiger partial charge in [-0.2, -0.15) is 5.10 Å². The first kappa shape index (κ1) is 21.6. The molecule has 0 spiro atoms. The van der Waals surface area contributed by atoms with Crippen molar-refractivity contribution in [2.75, 3.05) is 36.8 Å². The lowest BCUT2D eigenvalue weighted by Crippen LogP contribution is -2.50. The predicted molar refractivity (Wildman–Crippen MR) is 120 cm³/mol. The zero-order valence-corrected chi connectivity index (χ0v) is 19.0. The molecule has 0 bridgehead atoms. The third-order valence-corrected chi connectivity index (χ3v) is 5.55. The highest BCUT2D eigenvalue weighted by Crippen LogP contribution is 2.25. The third kappa shape index (κ3) is 6.20. The van der Waals surface area contributed by atoms with E-state index in [0.717, 1.165) is 15.7 Å². The second kappa shape index (κ2) is 9.17. The molecule has 2 saturated heterocycles. The zero-order valence-electron chi connectivity index (χ0n) is 16.6. The van der Waals surface area contributed by atoms with Crippen LogP contribution in [-0.4, -0.2) is 65.8 Å². The summed E-state index contributed by atoms with van der Waals surface area (Å²) >= 11 is 4.83. The maximum Gasteiger partial charge on any atom is 0.410 e. The van der Waals surface area contributed by atoms with E-state index in [0.29, 0.717) is 37.1 Å². The molecule has 2 aliphatic heterocycles. The molecule has 1 N–H and O–H groups in total. The van der Waals surface area contributed by atoms with Gasteiger partial charge < -0.3 is 19.9 Å². The highest BCUT2D eigenvalue weighted by atomic mass is 79.9. The Morgan fingerprint density at radius 1 is 1.28 bits per heavy atom. The van der Waals surface area contributed by atoms with Crippen LogP contribution in [0.3, 0.4) is 0 Å². The van der Waals surface area contributed by atoms with Gasteiger partial charge in [-0.1, -0.05) is 27.7 Å². The Bertz CT molecular complexity index is 845. The number of amides is 2. The summed E-state index contributed by atoms with van der Waals surface area (Å²) in [5.74, 6) is 0.313. The van der Waals surface area contributed by atoms with Gasteiger partial charge in [0.05, 0.1) is 12.0 Å². The van der Waals surface area contributed by atoms with Gasteiger partial charge in [0.25, 0.3) is 0 Å². The number of nitrogens with zero attached hydrogens (tertiary/aromatic N) is 4. The topological polar surface area (TPSA) is 86.6 Å². The number of amidine groups is 1. The summed E-state index contributed by atoms with van der Waals surface area (Å²) in [4.78, 5) is 27.5. The van der Waals surface area contributed by atoms with E-state index in [2.05, 4.69) is 36.3 Å². The summed E-state index contributed by atoms with van der Waals surface area (Å²) in [6, 6.07) is 5.97. The van der Waals surface area contributed by atoms with Crippen molar-refractivity contribution in [2.45, 2.75) is 26.4 Å². The number of piperazine rings is 1. The van der Waals surface area contributed by atoms with Crippen LogP contribution in [0.5, 0.6) is 0 Å². The number of nitrogens with one attached hydrogen (secondary N) is 1. The minimum absolute atomic E-state index is 0.0602. The van der Waals surface area contributed by atoms with Crippen molar-refractivity contribution in [1.82, 2.24) is 10.2 Å². The Labute approximate surface area is 182 Å². The van der Waals surface area contributed by atoms with Gasteiger partial charge in [-0.25, -0.2) is 4.79 Å². The molecule has 10 heteroatoms. The molecule has 0 atom stereocenters. The average molecular weight is 482 g/mol. The highest BCUT2D eigenvalue weighted by molar-refractivity contribution is 9.10. The summed E-state index contributed by atoms with van der Waals surface area (Å²) in [7, 11) is 0. The molecule has 156 valence electrons. The van der Waals surface area contributed by atoms with Crippen LogP contribution < -0.4 is 10.2 Å². The molecular weight excluding hydrogens is 458 g/mol. The number of carbonyl (C=O) groups is 2. The summed E-state index contributed by atoms with van der Waals surface area (Å²) in [6.07, 6.45) is 1.40. The lowest BCUT2D eigenvalue weighted by Gasteiger charge is -2.37.